The largest absolute Gasteiger partial charge is 0.494 e. The summed E-state index contributed by atoms with van der Waals surface area (Å²) in [7, 11) is 0. The number of hydrogen-bond acceptors (Lipinski definition) is 4. The lowest BCUT2D eigenvalue weighted by molar-refractivity contribution is -0.133. The van der Waals surface area contributed by atoms with Gasteiger partial charge in [0, 0.05) is 31.2 Å². The molecule has 2 atom stereocenters. The van der Waals surface area contributed by atoms with Crippen molar-refractivity contribution in [3.05, 3.63) is 28.8 Å². The fourth-order valence-electron chi connectivity index (χ4n) is 5.17. The fraction of sp³-hybridized carbons (Fsp3) is 0.692. The topological polar surface area (TPSA) is 59.1 Å². The van der Waals surface area contributed by atoms with Crippen molar-refractivity contribution in [3.8, 4) is 5.75 Å². The van der Waals surface area contributed by atoms with Gasteiger partial charge in [-0.2, -0.15) is 0 Å². The molecule has 1 unspecified atom stereocenters. The van der Waals surface area contributed by atoms with Crippen molar-refractivity contribution in [2.45, 2.75) is 63.9 Å². The molecule has 6 nitrogen and oxygen atoms in total. The van der Waals surface area contributed by atoms with E-state index in [4.69, 9.17) is 21.1 Å². The molecule has 0 radical (unpaired) electrons. The molecule has 0 aromatic heterocycles. The summed E-state index contributed by atoms with van der Waals surface area (Å²) in [4.78, 5) is 28.2. The zero-order valence-corrected chi connectivity index (χ0v) is 20.3. The number of halogens is 1. The average molecular weight is 475 g/mol. The van der Waals surface area contributed by atoms with Crippen molar-refractivity contribution in [2.24, 2.45) is 17.8 Å². The zero-order valence-electron chi connectivity index (χ0n) is 19.6. The first-order valence-electron chi connectivity index (χ1n) is 12.6. The number of nitrogens with zero attached hydrogens (tertiary/aromatic N) is 2. The van der Waals surface area contributed by atoms with E-state index in [1.54, 1.807) is 0 Å². The molecule has 2 heterocycles. The Morgan fingerprint density at radius 2 is 1.88 bits per heavy atom. The molecule has 33 heavy (non-hydrogen) atoms. The molecule has 1 aromatic carbocycles. The fourth-order valence-corrected chi connectivity index (χ4v) is 5.41. The van der Waals surface area contributed by atoms with E-state index in [2.05, 4.69) is 0 Å². The Balaban J connectivity index is 0.998. The van der Waals surface area contributed by atoms with Crippen LogP contribution in [0.4, 0.5) is 4.79 Å². The number of benzene rings is 1. The van der Waals surface area contributed by atoms with Crippen LogP contribution in [0.5, 0.6) is 5.75 Å². The van der Waals surface area contributed by atoms with Crippen LogP contribution < -0.4 is 4.74 Å². The van der Waals surface area contributed by atoms with E-state index in [0.717, 1.165) is 87.9 Å². The Bertz CT molecular complexity index is 890. The van der Waals surface area contributed by atoms with Crippen molar-refractivity contribution in [3.63, 3.8) is 0 Å². The molecule has 0 bridgehead atoms. The summed E-state index contributed by atoms with van der Waals surface area (Å²) >= 11 is 6.40. The lowest BCUT2D eigenvalue weighted by Gasteiger charge is -2.32. The molecule has 5 rings (SSSR count). The maximum absolute atomic E-state index is 12.3. The Morgan fingerprint density at radius 3 is 2.52 bits per heavy atom. The van der Waals surface area contributed by atoms with Crippen molar-refractivity contribution in [1.29, 1.82) is 0 Å². The third kappa shape index (κ3) is 5.59. The number of carbonyl (C=O) groups excluding carboxylic acids is 2. The van der Waals surface area contributed by atoms with Crippen LogP contribution in [-0.2, 0) is 16.0 Å². The second-order valence-corrected chi connectivity index (χ2v) is 11.0. The van der Waals surface area contributed by atoms with Crippen molar-refractivity contribution < 1.29 is 19.1 Å². The van der Waals surface area contributed by atoms with Gasteiger partial charge in [0.15, 0.2) is 0 Å². The average Bonchev–Trinajstić information content (AvgIpc) is 3.67. The van der Waals surface area contributed by atoms with Gasteiger partial charge >= 0.3 is 6.09 Å². The summed E-state index contributed by atoms with van der Waals surface area (Å²) in [5.74, 6) is 3.13. The Morgan fingerprint density at radius 1 is 1.12 bits per heavy atom. The van der Waals surface area contributed by atoms with Crippen LogP contribution in [0.25, 0.3) is 0 Å². The number of carbonyl (C=O) groups is 2. The SMILES string of the molecule is CC1(OC(=O)N2CCC(C3C[C@H]3CCOc3ccc(CC(=O)N4CCC4)c(Cl)c3)CC2)CC1. The van der Waals surface area contributed by atoms with Gasteiger partial charge < -0.3 is 19.3 Å². The van der Waals surface area contributed by atoms with E-state index in [1.807, 2.05) is 34.9 Å². The molecule has 2 amide bonds. The Labute approximate surface area is 201 Å². The lowest BCUT2D eigenvalue weighted by Crippen LogP contribution is -2.42. The smallest absolute Gasteiger partial charge is 0.410 e. The first kappa shape index (κ1) is 22.8. The maximum Gasteiger partial charge on any atom is 0.410 e. The second kappa shape index (κ2) is 9.36. The number of amides is 2. The van der Waals surface area contributed by atoms with Gasteiger partial charge in [-0.05, 0) is 87.3 Å². The predicted molar refractivity (Wildman–Crippen MR) is 126 cm³/mol. The minimum Gasteiger partial charge on any atom is -0.494 e. The molecular formula is C26H35ClN2O4. The molecule has 2 aliphatic heterocycles. The van der Waals surface area contributed by atoms with Crippen molar-refractivity contribution in [1.82, 2.24) is 9.80 Å². The molecule has 0 N–H and O–H groups in total. The van der Waals surface area contributed by atoms with Gasteiger partial charge in [-0.1, -0.05) is 17.7 Å². The van der Waals surface area contributed by atoms with Gasteiger partial charge in [0.1, 0.15) is 11.4 Å². The van der Waals surface area contributed by atoms with E-state index in [1.165, 1.54) is 6.42 Å². The zero-order chi connectivity index (χ0) is 23.0. The summed E-state index contributed by atoms with van der Waals surface area (Å²) in [6, 6.07) is 5.67. The van der Waals surface area contributed by atoms with Gasteiger partial charge in [0.05, 0.1) is 13.0 Å². The normalized spacial score (nSPS) is 25.9. The van der Waals surface area contributed by atoms with Gasteiger partial charge in [0.25, 0.3) is 0 Å². The minimum atomic E-state index is -0.189. The van der Waals surface area contributed by atoms with Crippen LogP contribution in [0.1, 0.15) is 57.4 Å². The molecule has 1 aromatic rings. The van der Waals surface area contributed by atoms with Gasteiger partial charge in [-0.3, -0.25) is 4.79 Å². The van der Waals surface area contributed by atoms with Crippen molar-refractivity contribution in [2.75, 3.05) is 32.8 Å². The molecule has 180 valence electrons. The van der Waals surface area contributed by atoms with Crippen LogP contribution in [0.3, 0.4) is 0 Å². The van der Waals surface area contributed by atoms with Crippen LogP contribution in [0.15, 0.2) is 18.2 Å². The second-order valence-electron chi connectivity index (χ2n) is 10.6. The molecule has 0 spiro atoms. The third-order valence-electron chi connectivity index (χ3n) is 8.00. The molecule has 4 fully saturated rings. The highest BCUT2D eigenvalue weighted by Crippen LogP contribution is 2.50. The quantitative estimate of drug-likeness (QED) is 0.536. The molecule has 7 heteroatoms. The van der Waals surface area contributed by atoms with E-state index in [9.17, 15) is 9.59 Å². The number of likely N-dealkylation sites (tertiary alicyclic amines) is 2. The summed E-state index contributed by atoms with van der Waals surface area (Å²) in [6.07, 6.45) is 7.82. The lowest BCUT2D eigenvalue weighted by atomic mass is 9.91. The highest BCUT2D eigenvalue weighted by Gasteiger charge is 2.45. The maximum atomic E-state index is 12.3. The number of hydrogen-bond donors (Lipinski definition) is 0. The predicted octanol–water partition coefficient (Wildman–Crippen LogP) is 4.92. The van der Waals surface area contributed by atoms with Gasteiger partial charge in [-0.15, -0.1) is 0 Å². The van der Waals surface area contributed by atoms with E-state index < -0.39 is 0 Å². The third-order valence-corrected chi connectivity index (χ3v) is 8.35. The number of piperidine rings is 1. The highest BCUT2D eigenvalue weighted by atomic mass is 35.5. The van der Waals surface area contributed by atoms with Crippen LogP contribution in [0, 0.1) is 17.8 Å². The monoisotopic (exact) mass is 474 g/mol. The Kier molecular flexibility index (Phi) is 6.47. The van der Waals surface area contributed by atoms with Crippen LogP contribution in [-0.4, -0.2) is 60.2 Å². The Hall–Kier alpha value is -1.95. The van der Waals surface area contributed by atoms with Gasteiger partial charge in [0.2, 0.25) is 5.91 Å². The van der Waals surface area contributed by atoms with Gasteiger partial charge in [-0.25, -0.2) is 4.79 Å². The standard InChI is InChI=1S/C26H35ClN2O4/c1-26(8-9-26)33-25(31)29-12-5-18(6-13-29)22-15-19(22)7-14-32-21-4-3-20(23(27)17-21)16-24(30)28-10-2-11-28/h3-4,17-19,22H,2,5-16H2,1H3/t19-,22?/m1/s1. The first-order valence-corrected chi connectivity index (χ1v) is 12.9. The van der Waals surface area contributed by atoms with Crippen LogP contribution in [0.2, 0.25) is 5.02 Å². The van der Waals surface area contributed by atoms with E-state index in [-0.39, 0.29) is 17.6 Å². The summed E-state index contributed by atoms with van der Waals surface area (Å²) in [5.41, 5.74) is 0.677. The van der Waals surface area contributed by atoms with E-state index in [0.29, 0.717) is 24.0 Å². The number of ether oxygens (including phenoxy) is 2. The highest BCUT2D eigenvalue weighted by molar-refractivity contribution is 6.31. The van der Waals surface area contributed by atoms with E-state index >= 15 is 0 Å². The summed E-state index contributed by atoms with van der Waals surface area (Å²) < 4.78 is 11.6. The summed E-state index contributed by atoms with van der Waals surface area (Å²) in [5, 5.41) is 0.603. The first-order chi connectivity index (χ1) is 15.9. The molecule has 2 saturated heterocycles. The molecule has 2 saturated carbocycles. The van der Waals surface area contributed by atoms with Crippen molar-refractivity contribution >= 4 is 23.6 Å². The van der Waals surface area contributed by atoms with Crippen LogP contribution >= 0.6 is 11.6 Å². The number of rotatable bonds is 8. The molecule has 2 aliphatic carbocycles. The molecular weight excluding hydrogens is 440 g/mol. The molecule has 4 aliphatic rings. The summed E-state index contributed by atoms with van der Waals surface area (Å²) in [6.45, 7) is 6.09. The minimum absolute atomic E-state index is 0.121.